The molecule has 8 heteroatoms. The lowest BCUT2D eigenvalue weighted by atomic mass is 9.85. The molecule has 116 valence electrons. The largest absolute Gasteiger partial charge is 0.481 e. The standard InChI is InChI=1S/C13H16Cl2N2O4/c1-3-20-13-9(16-2)6-12(13)21-11-5-8(15)7(14)4-10(11)17(18)19/h4-5,9,12-13,16H,3,6H2,1-2H3. The topological polar surface area (TPSA) is 73.6 Å². The van der Waals surface area contributed by atoms with Gasteiger partial charge >= 0.3 is 5.69 Å². The van der Waals surface area contributed by atoms with Crippen molar-refractivity contribution in [3.8, 4) is 5.75 Å². The van der Waals surface area contributed by atoms with E-state index in [9.17, 15) is 10.1 Å². The van der Waals surface area contributed by atoms with E-state index >= 15 is 0 Å². The number of benzene rings is 1. The third-order valence-electron chi connectivity index (χ3n) is 3.46. The molecule has 0 heterocycles. The molecule has 0 aliphatic heterocycles. The molecular weight excluding hydrogens is 319 g/mol. The molecule has 0 amide bonds. The van der Waals surface area contributed by atoms with E-state index in [2.05, 4.69) is 5.32 Å². The first kappa shape index (κ1) is 16.3. The molecule has 2 rings (SSSR count). The van der Waals surface area contributed by atoms with Crippen LogP contribution in [0.3, 0.4) is 0 Å². The SMILES string of the molecule is CCOC1C(NC)CC1Oc1cc(Cl)c(Cl)cc1[N+](=O)[O-]. The highest BCUT2D eigenvalue weighted by atomic mass is 35.5. The molecule has 0 saturated heterocycles. The number of nitro benzene ring substituents is 1. The van der Waals surface area contributed by atoms with Gasteiger partial charge in [0.15, 0.2) is 5.75 Å². The average Bonchev–Trinajstić information content (AvgIpc) is 2.43. The van der Waals surface area contributed by atoms with Crippen LogP contribution >= 0.6 is 23.2 Å². The molecule has 21 heavy (non-hydrogen) atoms. The molecule has 0 radical (unpaired) electrons. The molecule has 3 unspecified atom stereocenters. The van der Waals surface area contributed by atoms with Crippen LogP contribution < -0.4 is 10.1 Å². The van der Waals surface area contributed by atoms with Crippen molar-refractivity contribution in [3.05, 3.63) is 32.3 Å². The fourth-order valence-electron chi connectivity index (χ4n) is 2.31. The number of rotatable bonds is 6. The van der Waals surface area contributed by atoms with Crippen molar-refractivity contribution in [2.24, 2.45) is 0 Å². The smallest absolute Gasteiger partial charge is 0.312 e. The molecule has 0 spiro atoms. The van der Waals surface area contributed by atoms with Gasteiger partial charge in [-0.25, -0.2) is 0 Å². The summed E-state index contributed by atoms with van der Waals surface area (Å²) >= 11 is 11.7. The lowest BCUT2D eigenvalue weighted by Gasteiger charge is -2.43. The van der Waals surface area contributed by atoms with Crippen molar-refractivity contribution in [3.63, 3.8) is 0 Å². The fraction of sp³-hybridized carbons (Fsp3) is 0.538. The first-order valence-corrected chi connectivity index (χ1v) is 7.32. The molecule has 1 N–H and O–H groups in total. The van der Waals surface area contributed by atoms with E-state index in [1.807, 2.05) is 14.0 Å². The van der Waals surface area contributed by atoms with E-state index < -0.39 is 4.92 Å². The normalized spacial score (nSPS) is 24.5. The summed E-state index contributed by atoms with van der Waals surface area (Å²) in [6.07, 6.45) is 0.311. The summed E-state index contributed by atoms with van der Waals surface area (Å²) in [4.78, 5) is 10.5. The van der Waals surface area contributed by atoms with Crippen molar-refractivity contribution in [2.75, 3.05) is 13.7 Å². The Kier molecular flexibility index (Phi) is 5.27. The number of nitrogens with zero attached hydrogens (tertiary/aromatic N) is 1. The molecule has 1 aliphatic carbocycles. The molecule has 1 fully saturated rings. The molecule has 0 bridgehead atoms. The molecule has 6 nitrogen and oxygen atoms in total. The second kappa shape index (κ2) is 6.79. The van der Waals surface area contributed by atoms with Crippen LogP contribution in [0.25, 0.3) is 0 Å². The third-order valence-corrected chi connectivity index (χ3v) is 4.18. The van der Waals surface area contributed by atoms with Gasteiger partial charge in [0.1, 0.15) is 12.2 Å². The summed E-state index contributed by atoms with van der Waals surface area (Å²) < 4.78 is 11.3. The van der Waals surface area contributed by atoms with Crippen LogP contribution in [-0.2, 0) is 4.74 Å². The zero-order valence-corrected chi connectivity index (χ0v) is 13.1. The highest BCUT2D eigenvalue weighted by Gasteiger charge is 2.43. The van der Waals surface area contributed by atoms with Crippen LogP contribution in [0.15, 0.2) is 12.1 Å². The Balaban J connectivity index is 2.19. The Morgan fingerprint density at radius 2 is 2.10 bits per heavy atom. The van der Waals surface area contributed by atoms with Gasteiger partial charge in [-0.05, 0) is 14.0 Å². The summed E-state index contributed by atoms with van der Waals surface area (Å²) in [5.41, 5.74) is -0.201. The van der Waals surface area contributed by atoms with Crippen molar-refractivity contribution >= 4 is 28.9 Å². The van der Waals surface area contributed by atoms with Crippen molar-refractivity contribution in [1.29, 1.82) is 0 Å². The van der Waals surface area contributed by atoms with Crippen LogP contribution in [-0.4, -0.2) is 36.8 Å². The molecule has 1 saturated carbocycles. The van der Waals surface area contributed by atoms with Crippen molar-refractivity contribution < 1.29 is 14.4 Å². The zero-order chi connectivity index (χ0) is 15.6. The van der Waals surface area contributed by atoms with E-state index in [-0.39, 0.29) is 39.7 Å². The number of halogens is 2. The Labute approximate surface area is 132 Å². The van der Waals surface area contributed by atoms with Crippen LogP contribution in [0.2, 0.25) is 10.0 Å². The second-order valence-electron chi connectivity index (χ2n) is 4.70. The fourth-order valence-corrected chi connectivity index (χ4v) is 2.62. The van der Waals surface area contributed by atoms with Gasteiger partial charge in [0.05, 0.1) is 15.0 Å². The number of hydrogen-bond acceptors (Lipinski definition) is 5. The predicted octanol–water partition coefficient (Wildman–Crippen LogP) is 3.05. The summed E-state index contributed by atoms with van der Waals surface area (Å²) in [5.74, 6) is 0.110. The van der Waals surface area contributed by atoms with Crippen LogP contribution in [0.5, 0.6) is 5.75 Å². The Hall–Kier alpha value is -1.08. The molecular formula is C13H16Cl2N2O4. The highest BCUT2D eigenvalue weighted by molar-refractivity contribution is 6.42. The number of hydrogen-bond donors (Lipinski definition) is 1. The molecule has 3 atom stereocenters. The maximum absolute atomic E-state index is 11.1. The number of ether oxygens (including phenoxy) is 2. The Morgan fingerprint density at radius 1 is 1.43 bits per heavy atom. The quantitative estimate of drug-likeness (QED) is 0.639. The van der Waals surface area contributed by atoms with Crippen LogP contribution in [0.4, 0.5) is 5.69 Å². The van der Waals surface area contributed by atoms with E-state index in [1.165, 1.54) is 12.1 Å². The van der Waals surface area contributed by atoms with Gasteiger partial charge in [-0.2, -0.15) is 0 Å². The van der Waals surface area contributed by atoms with Gasteiger partial charge in [0, 0.05) is 31.2 Å². The van der Waals surface area contributed by atoms with E-state index in [4.69, 9.17) is 32.7 Å². The van der Waals surface area contributed by atoms with E-state index in [1.54, 1.807) is 0 Å². The maximum Gasteiger partial charge on any atom is 0.312 e. The summed E-state index contributed by atoms with van der Waals surface area (Å²) in [7, 11) is 1.84. The Morgan fingerprint density at radius 3 is 2.67 bits per heavy atom. The Bertz CT molecular complexity index is 541. The van der Waals surface area contributed by atoms with E-state index in [0.717, 1.165) is 0 Å². The second-order valence-corrected chi connectivity index (χ2v) is 5.51. The first-order valence-electron chi connectivity index (χ1n) is 6.56. The number of nitro groups is 1. The van der Waals surface area contributed by atoms with Gasteiger partial charge in [-0.3, -0.25) is 10.1 Å². The van der Waals surface area contributed by atoms with Crippen molar-refractivity contribution in [2.45, 2.75) is 31.6 Å². The summed E-state index contributed by atoms with van der Waals surface area (Å²) in [6.45, 7) is 2.44. The van der Waals surface area contributed by atoms with Gasteiger partial charge in [-0.15, -0.1) is 0 Å². The first-order chi connectivity index (χ1) is 9.97. The van der Waals surface area contributed by atoms with Crippen LogP contribution in [0, 0.1) is 10.1 Å². The number of nitrogens with one attached hydrogen (secondary N) is 1. The maximum atomic E-state index is 11.1. The van der Waals surface area contributed by atoms with Gasteiger partial charge < -0.3 is 14.8 Å². The molecule has 0 aromatic heterocycles. The summed E-state index contributed by atoms with van der Waals surface area (Å²) in [6, 6.07) is 2.75. The minimum Gasteiger partial charge on any atom is -0.481 e. The highest BCUT2D eigenvalue weighted by Crippen LogP contribution is 2.38. The number of likely N-dealkylation sites (N-methyl/N-ethyl adjacent to an activating group) is 1. The molecule has 1 aromatic carbocycles. The third kappa shape index (κ3) is 3.40. The molecule has 1 aliphatic rings. The van der Waals surface area contributed by atoms with Crippen molar-refractivity contribution in [1.82, 2.24) is 5.32 Å². The minimum absolute atomic E-state index is 0.110. The zero-order valence-electron chi connectivity index (χ0n) is 11.6. The predicted molar refractivity (Wildman–Crippen MR) is 80.4 cm³/mol. The van der Waals surface area contributed by atoms with Gasteiger partial charge in [0.2, 0.25) is 0 Å². The molecule has 1 aromatic rings. The van der Waals surface area contributed by atoms with Crippen LogP contribution in [0.1, 0.15) is 13.3 Å². The minimum atomic E-state index is -0.540. The van der Waals surface area contributed by atoms with Gasteiger partial charge in [-0.1, -0.05) is 23.2 Å². The van der Waals surface area contributed by atoms with Gasteiger partial charge in [0.25, 0.3) is 0 Å². The summed E-state index contributed by atoms with van der Waals surface area (Å²) in [5, 5.41) is 14.5. The lowest BCUT2D eigenvalue weighted by Crippen LogP contribution is -2.60. The average molecular weight is 335 g/mol. The lowest BCUT2D eigenvalue weighted by molar-refractivity contribution is -0.386. The monoisotopic (exact) mass is 334 g/mol. The van der Waals surface area contributed by atoms with E-state index in [0.29, 0.717) is 13.0 Å².